The molecule has 0 nitrogen and oxygen atoms in total. The van der Waals surface area contributed by atoms with E-state index in [1.54, 1.807) is 0 Å². The zero-order valence-corrected chi connectivity index (χ0v) is 10.1. The topological polar surface area (TPSA) is 0 Å². The Kier molecular flexibility index (Phi) is 3.84. The summed E-state index contributed by atoms with van der Waals surface area (Å²) in [7, 11) is 0. The van der Waals surface area contributed by atoms with Crippen molar-refractivity contribution >= 4 is 0 Å². The second-order valence-corrected chi connectivity index (χ2v) is 4.13. The van der Waals surface area contributed by atoms with Crippen molar-refractivity contribution < 1.29 is 39.5 Å². The van der Waals surface area contributed by atoms with E-state index >= 15 is 0 Å². The molecule has 0 N–H and O–H groups in total. The average Bonchev–Trinajstić information content (AvgIpc) is 2.43. The van der Waals surface area contributed by atoms with E-state index in [4.69, 9.17) is 0 Å². The lowest BCUT2D eigenvalue weighted by molar-refractivity contribution is -0.137. The van der Waals surface area contributed by atoms with Gasteiger partial charge in [0.2, 0.25) is 5.82 Å². The van der Waals surface area contributed by atoms with Gasteiger partial charge >= 0.3 is 6.18 Å². The van der Waals surface area contributed by atoms with E-state index in [-0.39, 0.29) is 12.1 Å². The SMILES string of the molecule is Fc1ccc(-c2c(F)c(F)c(F)c(F)c2F)c(C(F)(F)F)c1. The lowest BCUT2D eigenvalue weighted by Crippen LogP contribution is -2.11. The summed E-state index contributed by atoms with van der Waals surface area (Å²) < 4.78 is 117. The minimum absolute atomic E-state index is 0.104. The highest BCUT2D eigenvalue weighted by Gasteiger charge is 2.37. The van der Waals surface area contributed by atoms with Gasteiger partial charge in [0.05, 0.1) is 11.1 Å². The molecule has 118 valence electrons. The number of benzene rings is 2. The van der Waals surface area contributed by atoms with E-state index in [9.17, 15) is 39.5 Å². The van der Waals surface area contributed by atoms with Crippen LogP contribution in [0.1, 0.15) is 5.56 Å². The maximum absolute atomic E-state index is 13.6. The third kappa shape index (κ3) is 2.51. The summed E-state index contributed by atoms with van der Waals surface area (Å²) in [5.41, 5.74) is -5.00. The molecule has 9 heteroatoms. The van der Waals surface area contributed by atoms with E-state index in [1.165, 1.54) is 0 Å². The van der Waals surface area contributed by atoms with Gasteiger partial charge in [0.1, 0.15) is 5.82 Å². The summed E-state index contributed by atoms with van der Waals surface area (Å²) >= 11 is 0. The van der Waals surface area contributed by atoms with Crippen molar-refractivity contribution in [1.82, 2.24) is 0 Å². The van der Waals surface area contributed by atoms with Crippen molar-refractivity contribution in [2.75, 3.05) is 0 Å². The normalized spacial score (nSPS) is 11.9. The maximum atomic E-state index is 13.6. The van der Waals surface area contributed by atoms with Crippen LogP contribution in [0.4, 0.5) is 39.5 Å². The molecule has 0 radical (unpaired) electrons. The van der Waals surface area contributed by atoms with Crippen LogP contribution in [-0.2, 0) is 6.18 Å². The van der Waals surface area contributed by atoms with E-state index in [2.05, 4.69) is 0 Å². The van der Waals surface area contributed by atoms with E-state index in [1.807, 2.05) is 0 Å². The van der Waals surface area contributed by atoms with Gasteiger partial charge in [0, 0.05) is 5.56 Å². The van der Waals surface area contributed by atoms with Crippen LogP contribution in [0.25, 0.3) is 11.1 Å². The van der Waals surface area contributed by atoms with Crippen molar-refractivity contribution in [3.8, 4) is 11.1 Å². The zero-order valence-electron chi connectivity index (χ0n) is 10.1. The largest absolute Gasteiger partial charge is 0.417 e. The second kappa shape index (κ2) is 5.22. The van der Waals surface area contributed by atoms with Gasteiger partial charge in [-0.05, 0) is 12.1 Å². The molecule has 22 heavy (non-hydrogen) atoms. The predicted octanol–water partition coefficient (Wildman–Crippen LogP) is 5.21. The van der Waals surface area contributed by atoms with Crippen LogP contribution in [-0.4, -0.2) is 0 Å². The summed E-state index contributed by atoms with van der Waals surface area (Å²) in [6, 6.07) is 0.590. The smallest absolute Gasteiger partial charge is 0.207 e. The Morgan fingerprint density at radius 1 is 0.636 bits per heavy atom. The fourth-order valence-corrected chi connectivity index (χ4v) is 1.81. The molecule has 0 saturated heterocycles. The Labute approximate surface area is 116 Å². The minimum Gasteiger partial charge on any atom is -0.207 e. The Balaban J connectivity index is 2.90. The van der Waals surface area contributed by atoms with Gasteiger partial charge in [-0.25, -0.2) is 26.3 Å². The molecule has 0 amide bonds. The van der Waals surface area contributed by atoms with Crippen LogP contribution < -0.4 is 0 Å². The molecule has 0 aliphatic rings. The monoisotopic (exact) mass is 330 g/mol. The van der Waals surface area contributed by atoms with E-state index in [0.717, 1.165) is 0 Å². The lowest BCUT2D eigenvalue weighted by atomic mass is 9.97. The number of rotatable bonds is 1. The predicted molar refractivity (Wildman–Crippen MR) is 56.6 cm³/mol. The Hall–Kier alpha value is -2.19. The molecular weight excluding hydrogens is 327 g/mol. The summed E-state index contributed by atoms with van der Waals surface area (Å²) in [6.45, 7) is 0. The van der Waals surface area contributed by atoms with Crippen LogP contribution >= 0.6 is 0 Å². The van der Waals surface area contributed by atoms with Crippen molar-refractivity contribution in [3.05, 3.63) is 58.7 Å². The quantitative estimate of drug-likeness (QED) is 0.383. The molecule has 0 spiro atoms. The van der Waals surface area contributed by atoms with E-state index in [0.29, 0.717) is 6.07 Å². The first-order chi connectivity index (χ1) is 10.1. The molecule has 0 aromatic heterocycles. The number of hydrogen-bond donors (Lipinski definition) is 0. The van der Waals surface area contributed by atoms with E-state index < -0.39 is 57.8 Å². The third-order valence-corrected chi connectivity index (χ3v) is 2.77. The van der Waals surface area contributed by atoms with Gasteiger partial charge in [0.15, 0.2) is 23.3 Å². The number of halogens is 9. The molecule has 0 bridgehead atoms. The Morgan fingerprint density at radius 3 is 1.55 bits per heavy atom. The first-order valence-electron chi connectivity index (χ1n) is 5.44. The summed E-state index contributed by atoms with van der Waals surface area (Å²) in [5, 5.41) is 0. The van der Waals surface area contributed by atoms with Crippen LogP contribution in [0.5, 0.6) is 0 Å². The first-order valence-corrected chi connectivity index (χ1v) is 5.44. The van der Waals surface area contributed by atoms with Gasteiger partial charge in [0.25, 0.3) is 0 Å². The van der Waals surface area contributed by atoms with Gasteiger partial charge in [-0.15, -0.1) is 0 Å². The first kappa shape index (κ1) is 16.2. The van der Waals surface area contributed by atoms with Crippen LogP contribution in [0, 0.1) is 34.9 Å². The molecule has 0 heterocycles. The maximum Gasteiger partial charge on any atom is 0.417 e. The van der Waals surface area contributed by atoms with Crippen molar-refractivity contribution in [2.45, 2.75) is 6.18 Å². The summed E-state index contributed by atoms with van der Waals surface area (Å²) in [6.07, 6.45) is -5.27. The van der Waals surface area contributed by atoms with Crippen molar-refractivity contribution in [3.63, 3.8) is 0 Å². The molecule has 2 rings (SSSR count). The van der Waals surface area contributed by atoms with Crippen LogP contribution in [0.15, 0.2) is 18.2 Å². The Morgan fingerprint density at radius 2 is 1.09 bits per heavy atom. The molecule has 0 saturated carbocycles. The third-order valence-electron chi connectivity index (χ3n) is 2.77. The Bertz CT molecular complexity index is 717. The highest BCUT2D eigenvalue weighted by molar-refractivity contribution is 5.69. The second-order valence-electron chi connectivity index (χ2n) is 4.13. The summed E-state index contributed by atoms with van der Waals surface area (Å²) in [4.78, 5) is 0. The molecular formula is C13H3F9. The summed E-state index contributed by atoms with van der Waals surface area (Å²) in [5.74, 6) is -13.6. The van der Waals surface area contributed by atoms with Crippen molar-refractivity contribution in [1.29, 1.82) is 0 Å². The number of hydrogen-bond acceptors (Lipinski definition) is 0. The molecule has 0 fully saturated rings. The van der Waals surface area contributed by atoms with Gasteiger partial charge in [-0.1, -0.05) is 6.07 Å². The standard InChI is InChI=1S/C13H3F9/c14-4-1-2-5(6(3-4)13(20,21)22)7-8(15)10(17)12(19)11(18)9(7)16/h1-3H. The average molecular weight is 330 g/mol. The van der Waals surface area contributed by atoms with Gasteiger partial charge in [-0.3, -0.25) is 0 Å². The van der Waals surface area contributed by atoms with Crippen LogP contribution in [0.2, 0.25) is 0 Å². The van der Waals surface area contributed by atoms with Gasteiger partial charge in [-0.2, -0.15) is 13.2 Å². The highest BCUT2D eigenvalue weighted by atomic mass is 19.4. The molecule has 0 aliphatic heterocycles. The molecule has 0 unspecified atom stereocenters. The molecule has 2 aromatic carbocycles. The highest BCUT2D eigenvalue weighted by Crippen LogP contribution is 2.40. The molecule has 2 aromatic rings. The van der Waals surface area contributed by atoms with Crippen molar-refractivity contribution in [2.24, 2.45) is 0 Å². The fraction of sp³-hybridized carbons (Fsp3) is 0.0769. The fourth-order valence-electron chi connectivity index (χ4n) is 1.81. The zero-order chi connectivity index (χ0) is 16.8. The molecule has 0 atom stereocenters. The minimum atomic E-state index is -5.27. The molecule has 0 aliphatic carbocycles. The van der Waals surface area contributed by atoms with Gasteiger partial charge < -0.3 is 0 Å². The number of alkyl halides is 3. The lowest BCUT2D eigenvalue weighted by Gasteiger charge is -2.15. The van der Waals surface area contributed by atoms with Crippen LogP contribution in [0.3, 0.4) is 0 Å².